The zero-order valence-electron chi connectivity index (χ0n) is 12.2. The van der Waals surface area contributed by atoms with Crippen molar-refractivity contribution in [2.75, 3.05) is 32.2 Å². The lowest BCUT2D eigenvalue weighted by Crippen LogP contribution is -2.07. The third-order valence-electron chi connectivity index (χ3n) is 2.97. The fraction of sp³-hybridized carbons (Fsp3) is 0.400. The Labute approximate surface area is 122 Å². The number of nitrogens with one attached hydrogen (secondary N) is 1. The summed E-state index contributed by atoms with van der Waals surface area (Å²) in [6, 6.07) is 5.78. The van der Waals surface area contributed by atoms with Crippen LogP contribution in [0.2, 0.25) is 0 Å². The smallest absolute Gasteiger partial charge is 0.295 e. The first kappa shape index (κ1) is 15.3. The van der Waals surface area contributed by atoms with E-state index < -0.39 is 0 Å². The molecule has 0 aliphatic heterocycles. The van der Waals surface area contributed by atoms with Gasteiger partial charge in [0.05, 0.1) is 12.9 Å². The number of fused-ring (bicyclic) bond motifs is 1. The second kappa shape index (κ2) is 7.64. The highest BCUT2D eigenvalue weighted by atomic mass is 19.1. The summed E-state index contributed by atoms with van der Waals surface area (Å²) >= 11 is 0. The molecule has 0 amide bonds. The quantitative estimate of drug-likeness (QED) is 0.755. The largest absolute Gasteiger partial charge is 0.489 e. The maximum atomic E-state index is 12.5. The van der Waals surface area contributed by atoms with E-state index in [4.69, 9.17) is 13.9 Å². The van der Waals surface area contributed by atoms with Crippen LogP contribution in [0, 0.1) is 0 Å². The molecule has 0 aliphatic rings. The maximum absolute atomic E-state index is 12.5. The number of rotatable bonds is 8. The number of hydrogen-bond acceptors (Lipinski definition) is 5. The van der Waals surface area contributed by atoms with Crippen LogP contribution in [0.15, 0.2) is 34.5 Å². The van der Waals surface area contributed by atoms with Crippen LogP contribution in [-0.4, -0.2) is 31.9 Å². The van der Waals surface area contributed by atoms with Crippen molar-refractivity contribution < 1.29 is 18.3 Å². The number of ether oxygens (including phenoxy) is 2. The highest BCUT2D eigenvalue weighted by Crippen LogP contribution is 2.24. The van der Waals surface area contributed by atoms with Gasteiger partial charge in [0.15, 0.2) is 5.58 Å². The average molecular weight is 294 g/mol. The second-order valence-electron chi connectivity index (χ2n) is 4.48. The standard InChI is InChI=1S/C15H19FN2O3/c1-3-11(9-16)10-20-12-4-5-13-14(8-12)21-15(18-13)17-6-7-19-2/h4-5,8-9H,3,6-7,10H2,1-2H3,(H,17,18)/b11-9-. The fourth-order valence-corrected chi connectivity index (χ4v) is 1.72. The van der Waals surface area contributed by atoms with E-state index in [0.717, 1.165) is 5.52 Å². The first-order chi connectivity index (χ1) is 10.3. The Kier molecular flexibility index (Phi) is 5.57. The molecule has 0 aliphatic carbocycles. The molecule has 114 valence electrons. The lowest BCUT2D eigenvalue weighted by molar-refractivity contribution is 0.210. The normalized spacial score (nSPS) is 11.9. The van der Waals surface area contributed by atoms with Crippen molar-refractivity contribution in [3.63, 3.8) is 0 Å². The molecule has 5 nitrogen and oxygen atoms in total. The Balaban J connectivity index is 2.03. The van der Waals surface area contributed by atoms with Crippen LogP contribution in [-0.2, 0) is 4.74 Å². The summed E-state index contributed by atoms with van der Waals surface area (Å²) in [6.45, 7) is 3.30. The highest BCUT2D eigenvalue weighted by molar-refractivity contribution is 5.76. The fourth-order valence-electron chi connectivity index (χ4n) is 1.72. The predicted molar refractivity (Wildman–Crippen MR) is 79.4 cm³/mol. The van der Waals surface area contributed by atoms with Crippen LogP contribution in [0.5, 0.6) is 5.75 Å². The summed E-state index contributed by atoms with van der Waals surface area (Å²) in [4.78, 5) is 4.29. The molecule has 21 heavy (non-hydrogen) atoms. The average Bonchev–Trinajstić information content (AvgIpc) is 2.90. The monoisotopic (exact) mass is 294 g/mol. The highest BCUT2D eigenvalue weighted by Gasteiger charge is 2.07. The number of nitrogens with zero attached hydrogens (tertiary/aromatic N) is 1. The van der Waals surface area contributed by atoms with Gasteiger partial charge < -0.3 is 19.2 Å². The van der Waals surface area contributed by atoms with Crippen LogP contribution in [0.4, 0.5) is 10.4 Å². The van der Waals surface area contributed by atoms with Gasteiger partial charge >= 0.3 is 0 Å². The van der Waals surface area contributed by atoms with E-state index in [-0.39, 0.29) is 6.61 Å². The van der Waals surface area contributed by atoms with E-state index in [0.29, 0.717) is 48.8 Å². The zero-order valence-corrected chi connectivity index (χ0v) is 12.2. The van der Waals surface area contributed by atoms with Crippen molar-refractivity contribution in [1.29, 1.82) is 0 Å². The zero-order chi connectivity index (χ0) is 15.1. The minimum absolute atomic E-state index is 0.228. The van der Waals surface area contributed by atoms with E-state index >= 15 is 0 Å². The first-order valence-electron chi connectivity index (χ1n) is 6.81. The van der Waals surface area contributed by atoms with Gasteiger partial charge in [-0.2, -0.15) is 4.98 Å². The predicted octanol–water partition coefficient (Wildman–Crippen LogP) is 3.53. The van der Waals surface area contributed by atoms with Gasteiger partial charge in [-0.3, -0.25) is 0 Å². The first-order valence-corrected chi connectivity index (χ1v) is 6.81. The molecule has 2 rings (SSSR count). The Morgan fingerprint density at radius 2 is 2.33 bits per heavy atom. The Morgan fingerprint density at radius 3 is 3.05 bits per heavy atom. The molecule has 0 saturated heterocycles. The van der Waals surface area contributed by atoms with E-state index in [1.165, 1.54) is 0 Å². The SMILES string of the molecule is CC/C(=C/F)COc1ccc2nc(NCCOC)oc2c1. The third-order valence-corrected chi connectivity index (χ3v) is 2.97. The molecule has 1 aromatic heterocycles. The van der Waals surface area contributed by atoms with Crippen molar-refractivity contribution in [3.05, 3.63) is 30.1 Å². The van der Waals surface area contributed by atoms with E-state index in [9.17, 15) is 4.39 Å². The molecular weight excluding hydrogens is 275 g/mol. The van der Waals surface area contributed by atoms with Gasteiger partial charge in [0, 0.05) is 19.7 Å². The minimum atomic E-state index is 0.228. The van der Waals surface area contributed by atoms with Crippen LogP contribution in [0.1, 0.15) is 13.3 Å². The molecule has 0 unspecified atom stereocenters. The number of halogens is 1. The molecule has 0 radical (unpaired) electrons. The molecule has 0 atom stereocenters. The lowest BCUT2D eigenvalue weighted by atomic mass is 10.2. The van der Waals surface area contributed by atoms with Gasteiger partial charge in [-0.05, 0) is 24.1 Å². The molecule has 1 N–H and O–H groups in total. The Morgan fingerprint density at radius 1 is 1.48 bits per heavy atom. The molecule has 6 heteroatoms. The molecule has 0 bridgehead atoms. The maximum Gasteiger partial charge on any atom is 0.295 e. The lowest BCUT2D eigenvalue weighted by Gasteiger charge is -2.06. The molecule has 1 heterocycles. The van der Waals surface area contributed by atoms with Crippen molar-refractivity contribution in [1.82, 2.24) is 4.98 Å². The van der Waals surface area contributed by atoms with Crippen LogP contribution in [0.3, 0.4) is 0 Å². The van der Waals surface area contributed by atoms with E-state index in [2.05, 4.69) is 10.3 Å². The number of hydrogen-bond donors (Lipinski definition) is 1. The second-order valence-corrected chi connectivity index (χ2v) is 4.48. The van der Waals surface area contributed by atoms with Crippen LogP contribution >= 0.6 is 0 Å². The van der Waals surface area contributed by atoms with E-state index in [1.54, 1.807) is 25.3 Å². The topological polar surface area (TPSA) is 56.5 Å². The summed E-state index contributed by atoms with van der Waals surface area (Å²) in [5, 5.41) is 3.02. The summed E-state index contributed by atoms with van der Waals surface area (Å²) in [7, 11) is 1.63. The number of aromatic nitrogens is 1. The van der Waals surface area contributed by atoms with Gasteiger partial charge in [0.25, 0.3) is 6.01 Å². The van der Waals surface area contributed by atoms with Crippen LogP contribution < -0.4 is 10.1 Å². The van der Waals surface area contributed by atoms with Crippen LogP contribution in [0.25, 0.3) is 11.1 Å². The minimum Gasteiger partial charge on any atom is -0.489 e. The van der Waals surface area contributed by atoms with Gasteiger partial charge in [0.2, 0.25) is 0 Å². The number of methoxy groups -OCH3 is 1. The van der Waals surface area contributed by atoms with Gasteiger partial charge in [-0.1, -0.05) is 6.92 Å². The summed E-state index contributed by atoms with van der Waals surface area (Å²) < 4.78 is 28.5. The Bertz CT molecular complexity index is 610. The Hall–Kier alpha value is -2.08. The number of anilines is 1. The van der Waals surface area contributed by atoms with Gasteiger partial charge in [-0.25, -0.2) is 4.39 Å². The summed E-state index contributed by atoms with van der Waals surface area (Å²) in [5.41, 5.74) is 1.96. The summed E-state index contributed by atoms with van der Waals surface area (Å²) in [6.07, 6.45) is 1.21. The number of oxazole rings is 1. The molecule has 0 saturated carbocycles. The molecular formula is C15H19FN2O3. The molecule has 0 spiro atoms. The van der Waals surface area contributed by atoms with Crippen molar-refractivity contribution >= 4 is 17.1 Å². The van der Waals surface area contributed by atoms with Gasteiger partial charge in [0.1, 0.15) is 17.9 Å². The third kappa shape index (κ3) is 4.19. The summed E-state index contributed by atoms with van der Waals surface area (Å²) in [5.74, 6) is 0.620. The van der Waals surface area contributed by atoms with Gasteiger partial charge in [-0.15, -0.1) is 0 Å². The molecule has 1 aromatic carbocycles. The number of benzene rings is 1. The molecule has 0 fully saturated rings. The van der Waals surface area contributed by atoms with E-state index in [1.807, 2.05) is 6.92 Å². The van der Waals surface area contributed by atoms with Crippen molar-refractivity contribution in [2.45, 2.75) is 13.3 Å². The molecule has 2 aromatic rings. The van der Waals surface area contributed by atoms with Crippen molar-refractivity contribution in [3.8, 4) is 5.75 Å². The van der Waals surface area contributed by atoms with Crippen molar-refractivity contribution in [2.24, 2.45) is 0 Å².